The number of hydrogen-bond acceptors (Lipinski definition) is 4. The summed E-state index contributed by atoms with van der Waals surface area (Å²) in [6, 6.07) is 14.0. The molecule has 1 aliphatic carbocycles. The molecule has 2 atom stereocenters. The average Bonchev–Trinajstić information content (AvgIpc) is 2.72. The Morgan fingerprint density at radius 2 is 1.97 bits per heavy atom. The Kier molecular flexibility index (Phi) is 7.33. The smallest absolute Gasteiger partial charge is 0.240 e. The number of ether oxygens (including phenoxy) is 1. The first-order valence-electron chi connectivity index (χ1n) is 10.4. The van der Waals surface area contributed by atoms with Gasteiger partial charge in [-0.1, -0.05) is 37.3 Å². The summed E-state index contributed by atoms with van der Waals surface area (Å²) >= 11 is 0. The van der Waals surface area contributed by atoms with E-state index in [1.54, 1.807) is 19.2 Å². The molecule has 29 heavy (non-hydrogen) atoms. The Labute approximate surface area is 174 Å². The minimum absolute atomic E-state index is 0.274. The van der Waals surface area contributed by atoms with E-state index in [-0.39, 0.29) is 6.04 Å². The number of hydrogen-bond donors (Lipinski definition) is 2. The summed E-state index contributed by atoms with van der Waals surface area (Å²) in [6.07, 6.45) is 4.80. The van der Waals surface area contributed by atoms with Crippen molar-refractivity contribution >= 4 is 10.0 Å². The van der Waals surface area contributed by atoms with Crippen LogP contribution in [0, 0.1) is 6.92 Å². The third-order valence-electron chi connectivity index (χ3n) is 5.79. The molecule has 0 saturated heterocycles. The Hall–Kier alpha value is -1.89. The van der Waals surface area contributed by atoms with Crippen molar-refractivity contribution in [1.82, 2.24) is 10.0 Å². The van der Waals surface area contributed by atoms with Gasteiger partial charge in [-0.15, -0.1) is 0 Å². The van der Waals surface area contributed by atoms with Gasteiger partial charge in [0, 0.05) is 18.6 Å². The number of methoxy groups -OCH3 is 1. The normalized spacial score (nSPS) is 17.6. The molecule has 2 unspecified atom stereocenters. The highest BCUT2D eigenvalue weighted by molar-refractivity contribution is 7.89. The maximum Gasteiger partial charge on any atom is 0.240 e. The van der Waals surface area contributed by atoms with Gasteiger partial charge >= 0.3 is 0 Å². The van der Waals surface area contributed by atoms with Crippen molar-refractivity contribution in [2.45, 2.75) is 62.9 Å². The quantitative estimate of drug-likeness (QED) is 0.655. The van der Waals surface area contributed by atoms with Gasteiger partial charge in [0.25, 0.3) is 0 Å². The molecule has 0 fully saturated rings. The lowest BCUT2D eigenvalue weighted by molar-refractivity contribution is 0.359. The molecule has 6 heteroatoms. The maximum atomic E-state index is 12.6. The topological polar surface area (TPSA) is 67.4 Å². The zero-order chi connectivity index (χ0) is 20.9. The Morgan fingerprint density at radius 3 is 2.69 bits per heavy atom. The Morgan fingerprint density at radius 1 is 1.17 bits per heavy atom. The fourth-order valence-electron chi connectivity index (χ4n) is 4.13. The highest BCUT2D eigenvalue weighted by Crippen LogP contribution is 2.29. The molecule has 3 rings (SSSR count). The van der Waals surface area contributed by atoms with Crippen LogP contribution in [0.25, 0.3) is 0 Å². The fourth-order valence-corrected chi connectivity index (χ4v) is 5.42. The zero-order valence-corrected chi connectivity index (χ0v) is 18.4. The number of aryl methyl sites for hydroxylation is 2. The molecule has 2 aromatic rings. The monoisotopic (exact) mass is 416 g/mol. The first kappa shape index (κ1) is 21.8. The molecule has 0 spiro atoms. The molecule has 0 aromatic heterocycles. The highest BCUT2D eigenvalue weighted by Gasteiger charge is 2.23. The molecule has 0 bridgehead atoms. The van der Waals surface area contributed by atoms with Crippen LogP contribution in [-0.2, 0) is 22.9 Å². The van der Waals surface area contributed by atoms with Gasteiger partial charge in [0.05, 0.1) is 12.0 Å². The minimum Gasteiger partial charge on any atom is -0.496 e. The molecule has 158 valence electrons. The minimum atomic E-state index is -3.47. The summed E-state index contributed by atoms with van der Waals surface area (Å²) in [7, 11) is -1.75. The molecule has 0 saturated carbocycles. The van der Waals surface area contributed by atoms with Gasteiger partial charge in [-0.05, 0) is 67.9 Å². The van der Waals surface area contributed by atoms with Crippen LogP contribution >= 0.6 is 0 Å². The van der Waals surface area contributed by atoms with E-state index >= 15 is 0 Å². The van der Waals surface area contributed by atoms with Crippen LogP contribution in [0.4, 0.5) is 0 Å². The largest absolute Gasteiger partial charge is 0.496 e. The Balaban J connectivity index is 1.55. The molecule has 2 aromatic carbocycles. The molecular weight excluding hydrogens is 384 g/mol. The fraction of sp³-hybridized carbons (Fsp3) is 0.478. The molecule has 0 heterocycles. The first-order chi connectivity index (χ1) is 13.9. The van der Waals surface area contributed by atoms with Crippen LogP contribution in [0.3, 0.4) is 0 Å². The zero-order valence-electron chi connectivity index (χ0n) is 17.6. The van der Waals surface area contributed by atoms with Crippen LogP contribution < -0.4 is 14.8 Å². The van der Waals surface area contributed by atoms with Crippen LogP contribution in [0.15, 0.2) is 47.4 Å². The van der Waals surface area contributed by atoms with Crippen molar-refractivity contribution in [1.29, 1.82) is 0 Å². The Bertz CT molecular complexity index is 913. The molecule has 2 N–H and O–H groups in total. The van der Waals surface area contributed by atoms with E-state index in [9.17, 15) is 8.42 Å². The van der Waals surface area contributed by atoms with Crippen LogP contribution in [0.5, 0.6) is 5.75 Å². The van der Waals surface area contributed by atoms with E-state index in [2.05, 4.69) is 29.1 Å². The van der Waals surface area contributed by atoms with E-state index in [4.69, 9.17) is 4.74 Å². The predicted molar refractivity (Wildman–Crippen MR) is 117 cm³/mol. The van der Waals surface area contributed by atoms with Crippen LogP contribution in [0.1, 0.15) is 42.9 Å². The summed E-state index contributed by atoms with van der Waals surface area (Å²) in [4.78, 5) is 0.358. The average molecular weight is 417 g/mol. The second-order valence-electron chi connectivity index (χ2n) is 7.76. The molecule has 1 aliphatic rings. The van der Waals surface area contributed by atoms with Gasteiger partial charge in [0.1, 0.15) is 5.75 Å². The second kappa shape index (κ2) is 9.74. The summed E-state index contributed by atoms with van der Waals surface area (Å²) in [5.74, 6) is 0.966. The second-order valence-corrected chi connectivity index (χ2v) is 9.50. The number of fused-ring (bicyclic) bond motifs is 1. The molecule has 0 aliphatic heterocycles. The lowest BCUT2D eigenvalue weighted by Crippen LogP contribution is -2.43. The van der Waals surface area contributed by atoms with Crippen molar-refractivity contribution in [2.24, 2.45) is 0 Å². The van der Waals surface area contributed by atoms with Crippen molar-refractivity contribution < 1.29 is 13.2 Å². The maximum absolute atomic E-state index is 12.6. The molecule has 0 radical (unpaired) electrons. The summed E-state index contributed by atoms with van der Waals surface area (Å²) < 4.78 is 33.5. The van der Waals surface area contributed by atoms with Crippen LogP contribution in [-0.4, -0.2) is 34.2 Å². The number of rotatable bonds is 9. The van der Waals surface area contributed by atoms with Gasteiger partial charge in [0.2, 0.25) is 10.0 Å². The van der Waals surface area contributed by atoms with E-state index in [0.717, 1.165) is 43.4 Å². The van der Waals surface area contributed by atoms with Gasteiger partial charge in [-0.2, -0.15) is 0 Å². The van der Waals surface area contributed by atoms with Gasteiger partial charge < -0.3 is 10.1 Å². The predicted octanol–water partition coefficient (Wildman–Crippen LogP) is 3.60. The van der Waals surface area contributed by atoms with Gasteiger partial charge in [-0.3, -0.25) is 0 Å². The summed E-state index contributed by atoms with van der Waals surface area (Å²) in [5, 5.41) is 3.74. The van der Waals surface area contributed by atoms with E-state index in [1.165, 1.54) is 11.1 Å². The van der Waals surface area contributed by atoms with E-state index < -0.39 is 10.0 Å². The number of sulfonamides is 1. The van der Waals surface area contributed by atoms with Gasteiger partial charge in [-0.25, -0.2) is 13.1 Å². The van der Waals surface area contributed by atoms with Crippen molar-refractivity contribution in [3.05, 3.63) is 59.2 Å². The lowest BCUT2D eigenvalue weighted by atomic mass is 9.87. The van der Waals surface area contributed by atoms with E-state index in [0.29, 0.717) is 17.5 Å². The highest BCUT2D eigenvalue weighted by atomic mass is 32.2. The van der Waals surface area contributed by atoms with E-state index in [1.807, 2.05) is 25.1 Å². The van der Waals surface area contributed by atoms with Gasteiger partial charge in [0.15, 0.2) is 0 Å². The summed E-state index contributed by atoms with van der Waals surface area (Å²) in [6.45, 7) is 4.39. The number of nitrogens with one attached hydrogen (secondary N) is 2. The molecular formula is C23H32N2O3S. The first-order valence-corrected chi connectivity index (χ1v) is 11.9. The molecule has 0 amide bonds. The lowest BCUT2D eigenvalue weighted by Gasteiger charge is -2.30. The van der Waals surface area contributed by atoms with Crippen molar-refractivity contribution in [2.75, 3.05) is 13.7 Å². The number of benzene rings is 2. The molecule has 5 nitrogen and oxygen atoms in total. The third kappa shape index (κ3) is 5.38. The third-order valence-corrected chi connectivity index (χ3v) is 7.42. The van der Waals surface area contributed by atoms with Crippen molar-refractivity contribution in [3.63, 3.8) is 0 Å². The SMILES string of the molecule is CCC(CCNS(=O)(=O)c1ccccc1C)NC1CCc2cccc(OC)c2C1. The standard InChI is InChI=1S/C23H32N2O3S/c1-4-19(14-15-24-29(26,27)23-11-6-5-8-17(23)2)25-20-13-12-18-9-7-10-22(28-3)21(18)16-20/h5-11,19-20,24-25H,4,12-16H2,1-3H3. The summed E-state index contributed by atoms with van der Waals surface area (Å²) in [5.41, 5.74) is 3.44. The van der Waals surface area contributed by atoms with Crippen LogP contribution in [0.2, 0.25) is 0 Å². The van der Waals surface area contributed by atoms with Crippen molar-refractivity contribution in [3.8, 4) is 5.75 Å².